The van der Waals surface area contributed by atoms with Crippen molar-refractivity contribution in [2.75, 3.05) is 6.61 Å². The maximum atomic E-state index is 12.9. The minimum absolute atomic E-state index is 0.153. The van der Waals surface area contributed by atoms with Crippen LogP contribution in [0.5, 0.6) is 5.88 Å². The van der Waals surface area contributed by atoms with Gasteiger partial charge in [-0.05, 0) is 41.5 Å². The van der Waals surface area contributed by atoms with Gasteiger partial charge in [-0.15, -0.1) is 0 Å². The maximum Gasteiger partial charge on any atom is 0.253 e. The van der Waals surface area contributed by atoms with E-state index in [0.717, 1.165) is 21.7 Å². The molecule has 0 unspecified atom stereocenters. The molecule has 0 aliphatic heterocycles. The van der Waals surface area contributed by atoms with Gasteiger partial charge in [-0.1, -0.05) is 30.3 Å². The van der Waals surface area contributed by atoms with Crippen LogP contribution in [0.1, 0.15) is 22.8 Å². The van der Waals surface area contributed by atoms with Crippen LogP contribution in [0.15, 0.2) is 67.0 Å². The summed E-state index contributed by atoms with van der Waals surface area (Å²) >= 11 is 0. The lowest BCUT2D eigenvalue weighted by atomic mass is 10.0. The Morgan fingerprint density at radius 2 is 1.85 bits per heavy atom. The maximum absolute atomic E-state index is 12.9. The molecule has 4 rings (SSSR count). The molecule has 5 nitrogen and oxygen atoms in total. The molecule has 0 aliphatic rings. The van der Waals surface area contributed by atoms with Gasteiger partial charge in [0.1, 0.15) is 0 Å². The van der Waals surface area contributed by atoms with Crippen LogP contribution in [0.2, 0.25) is 0 Å². The van der Waals surface area contributed by atoms with E-state index in [2.05, 4.69) is 15.3 Å². The largest absolute Gasteiger partial charge is 0.478 e. The summed E-state index contributed by atoms with van der Waals surface area (Å²) in [6.45, 7) is 2.86. The van der Waals surface area contributed by atoms with E-state index < -0.39 is 0 Å². The number of hydrogen-bond acceptors (Lipinski definition) is 4. The van der Waals surface area contributed by atoms with Crippen molar-refractivity contribution in [2.24, 2.45) is 0 Å². The highest BCUT2D eigenvalue weighted by atomic mass is 16.5. The molecule has 27 heavy (non-hydrogen) atoms. The Hall–Kier alpha value is -3.47. The van der Waals surface area contributed by atoms with E-state index in [0.29, 0.717) is 30.1 Å². The number of pyridine rings is 2. The second-order valence-electron chi connectivity index (χ2n) is 6.16. The number of amides is 1. The number of carbonyl (C=O) groups is 1. The number of ether oxygens (including phenoxy) is 1. The van der Waals surface area contributed by atoms with Crippen molar-refractivity contribution in [2.45, 2.75) is 13.5 Å². The van der Waals surface area contributed by atoms with E-state index >= 15 is 0 Å². The summed E-state index contributed by atoms with van der Waals surface area (Å²) in [4.78, 5) is 21.5. The van der Waals surface area contributed by atoms with Crippen molar-refractivity contribution in [3.05, 3.63) is 78.1 Å². The summed E-state index contributed by atoms with van der Waals surface area (Å²) in [5.41, 5.74) is 2.21. The van der Waals surface area contributed by atoms with Gasteiger partial charge in [-0.25, -0.2) is 4.98 Å². The van der Waals surface area contributed by atoms with Crippen molar-refractivity contribution in [1.29, 1.82) is 0 Å². The Kier molecular flexibility index (Phi) is 4.66. The minimum atomic E-state index is -0.153. The van der Waals surface area contributed by atoms with Crippen molar-refractivity contribution in [3.63, 3.8) is 0 Å². The number of nitrogens with one attached hydrogen (secondary N) is 1. The molecule has 1 amide bonds. The number of carbonyl (C=O) groups excluding carboxylic acids is 1. The average Bonchev–Trinajstić information content (AvgIpc) is 2.72. The second-order valence-corrected chi connectivity index (χ2v) is 6.16. The molecule has 134 valence electrons. The Morgan fingerprint density at radius 1 is 1.00 bits per heavy atom. The molecule has 2 aromatic carbocycles. The molecule has 0 aliphatic carbocycles. The quantitative estimate of drug-likeness (QED) is 0.546. The molecule has 0 bridgehead atoms. The zero-order valence-corrected chi connectivity index (χ0v) is 15.0. The molecular formula is C22H19N3O2. The minimum Gasteiger partial charge on any atom is -0.478 e. The monoisotopic (exact) mass is 357 g/mol. The standard InChI is InChI=1S/C22H19N3O2/c1-2-27-20-12-15(9-11-23-20)14-25-22(26)19-13-16-6-3-4-7-17(16)18-8-5-10-24-21(18)19/h3-13H,2,14H2,1H3,(H,25,26). The van der Waals surface area contributed by atoms with Crippen LogP contribution in [0.4, 0.5) is 0 Å². The van der Waals surface area contributed by atoms with Gasteiger partial charge in [0.25, 0.3) is 5.91 Å². The molecule has 2 aromatic heterocycles. The van der Waals surface area contributed by atoms with E-state index in [1.807, 2.05) is 61.5 Å². The Morgan fingerprint density at radius 3 is 2.74 bits per heavy atom. The van der Waals surface area contributed by atoms with Crippen molar-refractivity contribution in [1.82, 2.24) is 15.3 Å². The molecule has 0 saturated carbocycles. The molecular weight excluding hydrogens is 338 g/mol. The lowest BCUT2D eigenvalue weighted by Crippen LogP contribution is -2.23. The third-order valence-electron chi connectivity index (χ3n) is 4.40. The van der Waals surface area contributed by atoms with E-state index in [-0.39, 0.29) is 5.91 Å². The number of nitrogens with zero attached hydrogens (tertiary/aromatic N) is 2. The molecule has 4 aromatic rings. The zero-order valence-electron chi connectivity index (χ0n) is 15.0. The van der Waals surface area contributed by atoms with Crippen LogP contribution in [-0.4, -0.2) is 22.5 Å². The van der Waals surface area contributed by atoms with Gasteiger partial charge in [0.05, 0.1) is 17.7 Å². The van der Waals surface area contributed by atoms with E-state index in [1.165, 1.54) is 0 Å². The number of fused-ring (bicyclic) bond motifs is 3. The predicted molar refractivity (Wildman–Crippen MR) is 106 cm³/mol. The van der Waals surface area contributed by atoms with Crippen molar-refractivity contribution in [3.8, 4) is 5.88 Å². The fourth-order valence-corrected chi connectivity index (χ4v) is 3.17. The Bertz CT molecular complexity index is 1120. The van der Waals surface area contributed by atoms with Gasteiger partial charge in [-0.2, -0.15) is 0 Å². The summed E-state index contributed by atoms with van der Waals surface area (Å²) in [5, 5.41) is 6.06. The molecule has 0 spiro atoms. The summed E-state index contributed by atoms with van der Waals surface area (Å²) in [7, 11) is 0. The highest BCUT2D eigenvalue weighted by molar-refractivity contribution is 6.15. The highest BCUT2D eigenvalue weighted by Gasteiger charge is 2.14. The van der Waals surface area contributed by atoms with Crippen molar-refractivity contribution >= 4 is 27.6 Å². The number of rotatable bonds is 5. The molecule has 2 heterocycles. The third kappa shape index (κ3) is 3.44. The summed E-state index contributed by atoms with van der Waals surface area (Å²) in [6, 6.07) is 17.5. The predicted octanol–water partition coefficient (Wildman–Crippen LogP) is 4.11. The van der Waals surface area contributed by atoms with Crippen LogP contribution in [0, 0.1) is 0 Å². The molecule has 0 atom stereocenters. The van der Waals surface area contributed by atoms with E-state index in [4.69, 9.17) is 4.74 Å². The van der Waals surface area contributed by atoms with Gasteiger partial charge in [0, 0.05) is 30.4 Å². The number of benzene rings is 2. The number of hydrogen-bond donors (Lipinski definition) is 1. The molecule has 0 fully saturated rings. The third-order valence-corrected chi connectivity index (χ3v) is 4.40. The Balaban J connectivity index is 1.65. The first-order chi connectivity index (χ1) is 13.3. The first-order valence-electron chi connectivity index (χ1n) is 8.88. The zero-order chi connectivity index (χ0) is 18.6. The smallest absolute Gasteiger partial charge is 0.253 e. The van der Waals surface area contributed by atoms with Crippen LogP contribution in [0.25, 0.3) is 21.7 Å². The molecule has 5 heteroatoms. The molecule has 1 N–H and O–H groups in total. The van der Waals surface area contributed by atoms with Crippen LogP contribution in [-0.2, 0) is 6.54 Å². The lowest BCUT2D eigenvalue weighted by Gasteiger charge is -2.11. The first kappa shape index (κ1) is 17.0. The van der Waals surface area contributed by atoms with Crippen LogP contribution in [0.3, 0.4) is 0 Å². The lowest BCUT2D eigenvalue weighted by molar-refractivity contribution is 0.0952. The average molecular weight is 357 g/mol. The van der Waals surface area contributed by atoms with Gasteiger partial charge in [0.15, 0.2) is 0 Å². The first-order valence-corrected chi connectivity index (χ1v) is 8.88. The van der Waals surface area contributed by atoms with E-state index in [9.17, 15) is 4.79 Å². The topological polar surface area (TPSA) is 64.1 Å². The van der Waals surface area contributed by atoms with Gasteiger partial charge in [-0.3, -0.25) is 9.78 Å². The van der Waals surface area contributed by atoms with Gasteiger partial charge in [0.2, 0.25) is 5.88 Å². The molecule has 0 radical (unpaired) electrons. The fourth-order valence-electron chi connectivity index (χ4n) is 3.17. The fraction of sp³-hybridized carbons (Fsp3) is 0.136. The van der Waals surface area contributed by atoms with Crippen LogP contribution < -0.4 is 10.1 Å². The number of aromatic nitrogens is 2. The summed E-state index contributed by atoms with van der Waals surface area (Å²) in [6.07, 6.45) is 3.39. The Labute approximate surface area is 157 Å². The highest BCUT2D eigenvalue weighted by Crippen LogP contribution is 2.27. The normalized spacial score (nSPS) is 10.9. The van der Waals surface area contributed by atoms with Crippen LogP contribution >= 0.6 is 0 Å². The molecule has 0 saturated heterocycles. The SMILES string of the molecule is CCOc1cc(CNC(=O)c2cc3ccccc3c3cccnc23)ccn1. The summed E-state index contributed by atoms with van der Waals surface area (Å²) in [5.74, 6) is 0.404. The van der Waals surface area contributed by atoms with Crippen molar-refractivity contribution < 1.29 is 9.53 Å². The summed E-state index contributed by atoms with van der Waals surface area (Å²) < 4.78 is 5.41. The van der Waals surface area contributed by atoms with E-state index in [1.54, 1.807) is 12.4 Å². The second kappa shape index (κ2) is 7.41. The van der Waals surface area contributed by atoms with Gasteiger partial charge < -0.3 is 10.1 Å². The van der Waals surface area contributed by atoms with Gasteiger partial charge >= 0.3 is 0 Å².